The maximum Gasteiger partial charge on any atom is 0.115 e. The van der Waals surface area contributed by atoms with E-state index in [1.807, 2.05) is 44.7 Å². The van der Waals surface area contributed by atoms with E-state index in [0.717, 1.165) is 24.2 Å². The third-order valence-corrected chi connectivity index (χ3v) is 3.48. The fraction of sp³-hybridized carbons (Fsp3) is 0.353. The molecular weight excluding hydrogens is 262 g/mol. The minimum atomic E-state index is 0.316. The van der Waals surface area contributed by atoms with E-state index in [1.54, 1.807) is 12.1 Å². The molecule has 0 aliphatic carbocycles. The van der Waals surface area contributed by atoms with Crippen LogP contribution < -0.4 is 10.2 Å². The number of phenolic OH excluding ortho intramolecular Hbond substituents is 1. The van der Waals surface area contributed by atoms with E-state index in [2.05, 4.69) is 22.1 Å². The van der Waals surface area contributed by atoms with Gasteiger partial charge in [-0.25, -0.2) is 0 Å². The molecule has 1 unspecified atom stereocenters. The van der Waals surface area contributed by atoms with Gasteiger partial charge in [-0.1, -0.05) is 12.1 Å². The van der Waals surface area contributed by atoms with Gasteiger partial charge in [0.25, 0.3) is 0 Å². The number of aromatic nitrogens is 1. The zero-order valence-corrected chi connectivity index (χ0v) is 12.9. The van der Waals surface area contributed by atoms with Gasteiger partial charge in [0.05, 0.1) is 17.6 Å². The van der Waals surface area contributed by atoms with E-state index in [-0.39, 0.29) is 0 Å². The average molecular weight is 285 g/mol. The molecule has 2 aromatic rings. The van der Waals surface area contributed by atoms with Crippen LogP contribution >= 0.6 is 0 Å². The van der Waals surface area contributed by atoms with E-state index >= 15 is 0 Å². The summed E-state index contributed by atoms with van der Waals surface area (Å²) >= 11 is 0. The molecule has 0 fully saturated rings. The maximum atomic E-state index is 9.29. The molecule has 1 aromatic heterocycles. The van der Waals surface area contributed by atoms with Crippen molar-refractivity contribution in [3.8, 4) is 5.75 Å². The van der Waals surface area contributed by atoms with Gasteiger partial charge in [-0.05, 0) is 43.5 Å². The largest absolute Gasteiger partial charge is 0.508 e. The highest BCUT2D eigenvalue weighted by Crippen LogP contribution is 2.23. The molecule has 1 aromatic carbocycles. The first-order valence-corrected chi connectivity index (χ1v) is 7.22. The van der Waals surface area contributed by atoms with Gasteiger partial charge in [0.1, 0.15) is 5.75 Å². The Hall–Kier alpha value is -2.23. The van der Waals surface area contributed by atoms with E-state index in [1.165, 1.54) is 5.56 Å². The maximum absolute atomic E-state index is 9.29. The van der Waals surface area contributed by atoms with Crippen LogP contribution in [0.5, 0.6) is 5.75 Å². The smallest absolute Gasteiger partial charge is 0.115 e. The first-order chi connectivity index (χ1) is 10.1. The molecule has 0 aliphatic heterocycles. The lowest BCUT2D eigenvalue weighted by Crippen LogP contribution is -2.19. The van der Waals surface area contributed by atoms with Gasteiger partial charge in [0, 0.05) is 26.3 Å². The van der Waals surface area contributed by atoms with Gasteiger partial charge in [0.2, 0.25) is 0 Å². The summed E-state index contributed by atoms with van der Waals surface area (Å²) in [5.74, 6) is 0.316. The Morgan fingerprint density at radius 2 is 1.90 bits per heavy atom. The van der Waals surface area contributed by atoms with Crippen molar-refractivity contribution in [3.05, 3.63) is 48.3 Å². The number of hydrogen-bond donors (Lipinski definition) is 2. The van der Waals surface area contributed by atoms with E-state index in [4.69, 9.17) is 0 Å². The van der Waals surface area contributed by atoms with Crippen LogP contribution in [0, 0.1) is 0 Å². The van der Waals surface area contributed by atoms with E-state index < -0.39 is 0 Å². The number of rotatable bonds is 6. The second-order valence-electron chi connectivity index (χ2n) is 5.54. The molecule has 0 saturated carbocycles. The van der Waals surface area contributed by atoms with Crippen LogP contribution in [-0.4, -0.2) is 30.2 Å². The molecule has 1 heterocycles. The quantitative estimate of drug-likeness (QED) is 0.855. The second kappa shape index (κ2) is 6.97. The number of aromatic hydroxyl groups is 1. The number of pyridine rings is 1. The molecule has 4 heteroatoms. The van der Waals surface area contributed by atoms with Crippen molar-refractivity contribution in [3.63, 3.8) is 0 Å². The fourth-order valence-electron chi connectivity index (χ4n) is 2.27. The molecule has 0 aliphatic rings. The van der Waals surface area contributed by atoms with Gasteiger partial charge in [-0.3, -0.25) is 4.98 Å². The first kappa shape index (κ1) is 15.2. The Bertz CT molecular complexity index is 567. The van der Waals surface area contributed by atoms with Gasteiger partial charge in [-0.15, -0.1) is 0 Å². The molecule has 0 radical (unpaired) electrons. The number of aryl methyl sites for hydroxylation is 1. The molecule has 2 N–H and O–H groups in total. The summed E-state index contributed by atoms with van der Waals surface area (Å²) in [6, 6.07) is 9.77. The third-order valence-electron chi connectivity index (χ3n) is 3.48. The number of anilines is 2. The first-order valence-electron chi connectivity index (χ1n) is 7.22. The topological polar surface area (TPSA) is 48.4 Å². The average Bonchev–Trinajstić information content (AvgIpc) is 2.47. The van der Waals surface area contributed by atoms with Crippen molar-refractivity contribution >= 4 is 11.4 Å². The van der Waals surface area contributed by atoms with Gasteiger partial charge < -0.3 is 15.3 Å². The van der Waals surface area contributed by atoms with Crippen LogP contribution in [0.2, 0.25) is 0 Å². The highest BCUT2D eigenvalue weighted by molar-refractivity contribution is 5.68. The predicted octanol–water partition coefficient (Wildman–Crippen LogP) is 3.29. The number of hydrogen-bond acceptors (Lipinski definition) is 4. The monoisotopic (exact) mass is 285 g/mol. The van der Waals surface area contributed by atoms with Gasteiger partial charge in [0.15, 0.2) is 0 Å². The minimum Gasteiger partial charge on any atom is -0.508 e. The molecule has 1 atom stereocenters. The summed E-state index contributed by atoms with van der Waals surface area (Å²) in [4.78, 5) is 6.27. The molecule has 0 spiro atoms. The van der Waals surface area contributed by atoms with Crippen molar-refractivity contribution in [1.29, 1.82) is 0 Å². The lowest BCUT2D eigenvalue weighted by molar-refractivity contribution is 0.475. The number of nitrogens with zero attached hydrogens (tertiary/aromatic N) is 2. The van der Waals surface area contributed by atoms with Crippen molar-refractivity contribution < 1.29 is 5.11 Å². The van der Waals surface area contributed by atoms with Crippen LogP contribution in [0.15, 0.2) is 42.7 Å². The third kappa shape index (κ3) is 4.38. The predicted molar refractivity (Wildman–Crippen MR) is 88.1 cm³/mol. The SMILES string of the molecule is CC(CCc1ccc(O)cc1)Nc1cnccc1N(C)C. The molecule has 4 nitrogen and oxygen atoms in total. The second-order valence-corrected chi connectivity index (χ2v) is 5.54. The molecule has 0 saturated heterocycles. The fourth-order valence-corrected chi connectivity index (χ4v) is 2.27. The number of nitrogens with one attached hydrogen (secondary N) is 1. The lowest BCUT2D eigenvalue weighted by Gasteiger charge is -2.21. The summed E-state index contributed by atoms with van der Waals surface area (Å²) in [6.45, 7) is 2.17. The zero-order chi connectivity index (χ0) is 15.2. The van der Waals surface area contributed by atoms with Crippen molar-refractivity contribution in [2.24, 2.45) is 0 Å². The Morgan fingerprint density at radius 1 is 1.19 bits per heavy atom. The van der Waals surface area contributed by atoms with Crippen LogP contribution in [0.3, 0.4) is 0 Å². The summed E-state index contributed by atoms with van der Waals surface area (Å²) in [6.07, 6.45) is 5.67. The van der Waals surface area contributed by atoms with E-state index in [9.17, 15) is 5.11 Å². The highest BCUT2D eigenvalue weighted by atomic mass is 16.3. The van der Waals surface area contributed by atoms with E-state index in [0.29, 0.717) is 11.8 Å². The van der Waals surface area contributed by atoms with Crippen LogP contribution in [0.4, 0.5) is 11.4 Å². The normalized spacial score (nSPS) is 12.0. The van der Waals surface area contributed by atoms with Crippen LogP contribution in [-0.2, 0) is 6.42 Å². The van der Waals surface area contributed by atoms with Crippen molar-refractivity contribution in [2.45, 2.75) is 25.8 Å². The molecule has 0 bridgehead atoms. The van der Waals surface area contributed by atoms with Crippen LogP contribution in [0.1, 0.15) is 18.9 Å². The molecule has 0 amide bonds. The Balaban J connectivity index is 1.93. The van der Waals surface area contributed by atoms with Crippen LogP contribution in [0.25, 0.3) is 0 Å². The van der Waals surface area contributed by atoms with Crippen molar-refractivity contribution in [2.75, 3.05) is 24.3 Å². The van der Waals surface area contributed by atoms with Gasteiger partial charge in [-0.2, -0.15) is 0 Å². The molecule has 2 rings (SSSR count). The molecule has 112 valence electrons. The molecule has 21 heavy (non-hydrogen) atoms. The summed E-state index contributed by atoms with van der Waals surface area (Å²) in [7, 11) is 4.06. The minimum absolute atomic E-state index is 0.316. The highest BCUT2D eigenvalue weighted by Gasteiger charge is 2.08. The summed E-state index contributed by atoms with van der Waals surface area (Å²) in [5, 5.41) is 12.8. The lowest BCUT2D eigenvalue weighted by atomic mass is 10.1. The van der Waals surface area contributed by atoms with Gasteiger partial charge >= 0.3 is 0 Å². The molecular formula is C17H23N3O. The Morgan fingerprint density at radius 3 is 2.57 bits per heavy atom. The summed E-state index contributed by atoms with van der Waals surface area (Å²) in [5.41, 5.74) is 3.43. The summed E-state index contributed by atoms with van der Waals surface area (Å²) < 4.78 is 0. The number of benzene rings is 1. The Kier molecular flexibility index (Phi) is 5.04. The Labute approximate surface area is 126 Å². The number of phenols is 1. The zero-order valence-electron chi connectivity index (χ0n) is 12.9. The standard InChI is InChI=1S/C17H23N3O/c1-13(4-5-14-6-8-15(21)9-7-14)19-16-12-18-11-10-17(16)20(2)3/h6-13,19,21H,4-5H2,1-3H3. The van der Waals surface area contributed by atoms with Crippen molar-refractivity contribution in [1.82, 2.24) is 4.98 Å².